The number of carbonyl (C=O) groups is 1. The van der Waals surface area contributed by atoms with E-state index in [1.165, 1.54) is 0 Å². The highest BCUT2D eigenvalue weighted by molar-refractivity contribution is 6.35. The van der Waals surface area contributed by atoms with Crippen molar-refractivity contribution in [1.29, 1.82) is 0 Å². The minimum Gasteiger partial charge on any atom is -0.497 e. The van der Waals surface area contributed by atoms with Gasteiger partial charge in [0, 0.05) is 17.3 Å². The van der Waals surface area contributed by atoms with E-state index in [0.29, 0.717) is 45.1 Å². The summed E-state index contributed by atoms with van der Waals surface area (Å²) in [7, 11) is 3.16. The van der Waals surface area contributed by atoms with Gasteiger partial charge in [-0.3, -0.25) is 4.79 Å². The van der Waals surface area contributed by atoms with E-state index in [0.717, 1.165) is 0 Å². The second-order valence-corrected chi connectivity index (χ2v) is 6.65. The molecule has 0 aliphatic carbocycles. The van der Waals surface area contributed by atoms with Crippen LogP contribution in [0.5, 0.6) is 11.5 Å². The number of rotatable bonds is 4. The van der Waals surface area contributed by atoms with Crippen LogP contribution in [0.1, 0.15) is 28.5 Å². The predicted octanol–water partition coefficient (Wildman–Crippen LogP) is 3.61. The number of hydrogen-bond acceptors (Lipinski definition) is 4. The number of aromatic amines is 1. The number of nitrogens with one attached hydrogen (secondary N) is 2. The number of methoxy groups -OCH3 is 2. The minimum absolute atomic E-state index is 0.216. The lowest BCUT2D eigenvalue weighted by molar-refractivity contribution is -0.110. The first-order valence-corrected chi connectivity index (χ1v) is 9.32. The fourth-order valence-electron chi connectivity index (χ4n) is 3.31. The van der Waals surface area contributed by atoms with Crippen LogP contribution in [0.25, 0.3) is 11.6 Å². The van der Waals surface area contributed by atoms with Gasteiger partial charge in [-0.05, 0) is 42.0 Å². The predicted molar refractivity (Wildman–Crippen MR) is 115 cm³/mol. The van der Waals surface area contributed by atoms with Crippen molar-refractivity contribution in [3.8, 4) is 23.3 Å². The molecule has 6 heteroatoms. The summed E-state index contributed by atoms with van der Waals surface area (Å²) in [5.74, 6) is 7.02. The first-order chi connectivity index (χ1) is 14.6. The lowest BCUT2D eigenvalue weighted by Crippen LogP contribution is -2.03. The van der Waals surface area contributed by atoms with Crippen molar-refractivity contribution in [2.45, 2.75) is 6.10 Å². The molecule has 0 saturated heterocycles. The third kappa shape index (κ3) is 3.66. The zero-order chi connectivity index (χ0) is 21.1. The molecule has 0 bridgehead atoms. The van der Waals surface area contributed by atoms with E-state index in [4.69, 9.17) is 9.47 Å². The molecule has 1 aromatic heterocycles. The highest BCUT2D eigenvalue weighted by Crippen LogP contribution is 2.36. The van der Waals surface area contributed by atoms with Crippen LogP contribution in [0, 0.1) is 11.8 Å². The Kier molecular flexibility index (Phi) is 5.29. The van der Waals surface area contributed by atoms with Crippen molar-refractivity contribution < 1.29 is 19.4 Å². The van der Waals surface area contributed by atoms with Gasteiger partial charge >= 0.3 is 0 Å². The first kappa shape index (κ1) is 19.4. The highest BCUT2D eigenvalue weighted by atomic mass is 16.5. The van der Waals surface area contributed by atoms with Crippen LogP contribution >= 0.6 is 0 Å². The Bertz CT molecular complexity index is 1180. The van der Waals surface area contributed by atoms with Gasteiger partial charge in [0.1, 0.15) is 17.6 Å². The normalized spacial score (nSPS) is 14.5. The van der Waals surface area contributed by atoms with Gasteiger partial charge in [-0.15, -0.1) is 0 Å². The van der Waals surface area contributed by atoms with E-state index < -0.39 is 6.10 Å². The minimum atomic E-state index is -0.965. The number of benzene rings is 2. The summed E-state index contributed by atoms with van der Waals surface area (Å²) >= 11 is 0. The third-order valence-corrected chi connectivity index (χ3v) is 4.85. The Labute approximate surface area is 174 Å². The molecular formula is C24H20N2O4. The van der Waals surface area contributed by atoms with Crippen LogP contribution in [0.2, 0.25) is 0 Å². The monoisotopic (exact) mass is 400 g/mol. The number of aliphatic hydroxyl groups excluding tert-OH is 1. The van der Waals surface area contributed by atoms with Crippen molar-refractivity contribution in [1.82, 2.24) is 4.98 Å². The second kappa shape index (κ2) is 8.19. The van der Waals surface area contributed by atoms with Crippen LogP contribution in [-0.2, 0) is 4.79 Å². The number of H-pyrrole nitrogens is 1. The van der Waals surface area contributed by atoms with Gasteiger partial charge in [-0.25, -0.2) is 0 Å². The molecule has 0 spiro atoms. The summed E-state index contributed by atoms with van der Waals surface area (Å²) in [6.07, 6.45) is 2.52. The Morgan fingerprint density at radius 2 is 1.87 bits per heavy atom. The quantitative estimate of drug-likeness (QED) is 0.462. The van der Waals surface area contributed by atoms with Crippen molar-refractivity contribution in [3.63, 3.8) is 0 Å². The Morgan fingerprint density at radius 3 is 2.60 bits per heavy atom. The number of anilines is 1. The van der Waals surface area contributed by atoms with Gasteiger partial charge in [0.25, 0.3) is 5.91 Å². The maximum absolute atomic E-state index is 12.6. The van der Waals surface area contributed by atoms with Crippen LogP contribution in [0.3, 0.4) is 0 Å². The summed E-state index contributed by atoms with van der Waals surface area (Å²) in [6, 6.07) is 14.3. The molecule has 1 unspecified atom stereocenters. The largest absolute Gasteiger partial charge is 0.497 e. The molecule has 4 rings (SSSR count). The van der Waals surface area contributed by atoms with Crippen LogP contribution < -0.4 is 14.8 Å². The SMILES string of the molecule is COc1ccc(C(O)C#Cc2cccc3c2/C(=C/c2[nH]ccc2OC)C(=O)N3)cc1. The maximum Gasteiger partial charge on any atom is 0.256 e. The van der Waals surface area contributed by atoms with Crippen LogP contribution in [0.15, 0.2) is 54.7 Å². The van der Waals surface area contributed by atoms with Crippen molar-refractivity contribution in [2.24, 2.45) is 0 Å². The zero-order valence-electron chi connectivity index (χ0n) is 16.5. The molecule has 2 heterocycles. The van der Waals surface area contributed by atoms with Crippen molar-refractivity contribution in [3.05, 3.63) is 77.1 Å². The van der Waals surface area contributed by atoms with Gasteiger partial charge in [-0.2, -0.15) is 0 Å². The number of carbonyl (C=O) groups excluding carboxylic acids is 1. The average Bonchev–Trinajstić information content (AvgIpc) is 3.36. The Hall–Kier alpha value is -3.95. The topological polar surface area (TPSA) is 83.6 Å². The fourth-order valence-corrected chi connectivity index (χ4v) is 3.31. The van der Waals surface area contributed by atoms with E-state index >= 15 is 0 Å². The third-order valence-electron chi connectivity index (χ3n) is 4.85. The highest BCUT2D eigenvalue weighted by Gasteiger charge is 2.27. The number of fused-ring (bicyclic) bond motifs is 1. The Balaban J connectivity index is 1.70. The lowest BCUT2D eigenvalue weighted by Gasteiger charge is -2.06. The summed E-state index contributed by atoms with van der Waals surface area (Å²) in [5.41, 5.74) is 3.87. The standard InChI is InChI=1S/C24H20N2O4/c1-29-17-9-6-15(7-10-17)21(27)11-8-16-4-3-5-19-23(16)18(24(28)26-19)14-20-22(30-2)12-13-25-20/h3-7,9-10,12-14,21,25,27H,1-2H3,(H,26,28)/b18-14-. The van der Waals surface area contributed by atoms with Gasteiger partial charge in [0.2, 0.25) is 0 Å². The molecule has 1 aliphatic rings. The maximum atomic E-state index is 12.6. The van der Waals surface area contributed by atoms with Crippen LogP contribution in [-0.4, -0.2) is 30.2 Å². The van der Waals surface area contributed by atoms with E-state index in [2.05, 4.69) is 22.1 Å². The number of ether oxygens (including phenoxy) is 2. The van der Waals surface area contributed by atoms with Gasteiger partial charge in [0.15, 0.2) is 0 Å². The van der Waals surface area contributed by atoms with E-state index in [9.17, 15) is 9.90 Å². The molecule has 3 aromatic rings. The summed E-state index contributed by atoms with van der Waals surface area (Å²) in [4.78, 5) is 15.7. The molecule has 3 N–H and O–H groups in total. The zero-order valence-corrected chi connectivity index (χ0v) is 16.5. The molecule has 1 atom stereocenters. The van der Waals surface area contributed by atoms with Gasteiger partial charge in [0.05, 0.1) is 31.2 Å². The van der Waals surface area contributed by atoms with Crippen LogP contribution in [0.4, 0.5) is 5.69 Å². The fraction of sp³-hybridized carbons (Fsp3) is 0.125. The van der Waals surface area contributed by atoms with Gasteiger partial charge in [-0.1, -0.05) is 30.0 Å². The summed E-state index contributed by atoms with van der Waals surface area (Å²) in [6.45, 7) is 0. The van der Waals surface area contributed by atoms with Crippen molar-refractivity contribution in [2.75, 3.05) is 19.5 Å². The Morgan fingerprint density at radius 1 is 1.07 bits per heavy atom. The van der Waals surface area contributed by atoms with Gasteiger partial charge < -0.3 is 24.9 Å². The molecule has 1 aliphatic heterocycles. The van der Waals surface area contributed by atoms with E-state index in [1.807, 2.05) is 18.2 Å². The summed E-state index contributed by atoms with van der Waals surface area (Å²) < 4.78 is 10.5. The molecule has 150 valence electrons. The number of amides is 1. The second-order valence-electron chi connectivity index (χ2n) is 6.65. The molecule has 2 aromatic carbocycles. The first-order valence-electron chi connectivity index (χ1n) is 9.32. The molecule has 1 amide bonds. The van der Waals surface area contributed by atoms with Crippen molar-refractivity contribution >= 4 is 23.2 Å². The van der Waals surface area contributed by atoms with E-state index in [-0.39, 0.29) is 5.91 Å². The lowest BCUT2D eigenvalue weighted by atomic mass is 9.99. The molecule has 0 saturated carbocycles. The molecule has 0 radical (unpaired) electrons. The number of hydrogen-bond donors (Lipinski definition) is 3. The molecular weight excluding hydrogens is 380 g/mol. The smallest absolute Gasteiger partial charge is 0.256 e. The molecule has 6 nitrogen and oxygen atoms in total. The van der Waals surface area contributed by atoms with E-state index in [1.54, 1.807) is 56.8 Å². The summed E-state index contributed by atoms with van der Waals surface area (Å²) in [5, 5.41) is 13.3. The molecule has 0 fully saturated rings. The average molecular weight is 400 g/mol. The molecule has 30 heavy (non-hydrogen) atoms. The number of aromatic nitrogens is 1. The number of aliphatic hydroxyl groups is 1.